The lowest BCUT2D eigenvalue weighted by atomic mass is 10.1. The van der Waals surface area contributed by atoms with Crippen LogP contribution >= 0.6 is 11.3 Å². The molecule has 0 saturated carbocycles. The summed E-state index contributed by atoms with van der Waals surface area (Å²) in [5.41, 5.74) is 1.32. The van der Waals surface area contributed by atoms with Gasteiger partial charge in [-0.1, -0.05) is 41.7 Å². The first-order chi connectivity index (χ1) is 16.0. The highest BCUT2D eigenvalue weighted by atomic mass is 32.1. The smallest absolute Gasteiger partial charge is 0.270 e. The minimum Gasteiger partial charge on any atom is -0.298 e. The quantitative estimate of drug-likeness (QED) is 0.312. The topological polar surface area (TPSA) is 120 Å². The van der Waals surface area contributed by atoms with E-state index in [1.807, 2.05) is 30.3 Å². The molecule has 5 rings (SSSR count). The molecular weight excluding hydrogens is 442 g/mol. The average Bonchev–Trinajstić information content (AvgIpc) is 3.22. The van der Waals surface area contributed by atoms with Crippen LogP contribution in [0.15, 0.2) is 77.7 Å². The van der Waals surface area contributed by atoms with Gasteiger partial charge in [-0.05, 0) is 29.8 Å². The molecule has 3 heterocycles. The first-order valence-corrected chi connectivity index (χ1v) is 10.7. The number of benzene rings is 2. The molecule has 0 aliphatic rings. The normalized spacial score (nSPS) is 11.0. The predicted molar refractivity (Wildman–Crippen MR) is 126 cm³/mol. The van der Waals surface area contributed by atoms with E-state index in [0.29, 0.717) is 21.3 Å². The van der Waals surface area contributed by atoms with E-state index in [0.717, 1.165) is 16.9 Å². The third-order valence-corrected chi connectivity index (χ3v) is 6.01. The maximum atomic E-state index is 13.3. The van der Waals surface area contributed by atoms with Gasteiger partial charge < -0.3 is 0 Å². The number of pyridine rings is 2. The number of carbonyl (C=O) groups excluding carboxylic acids is 1. The van der Waals surface area contributed by atoms with Crippen LogP contribution in [-0.2, 0) is 6.54 Å². The summed E-state index contributed by atoms with van der Waals surface area (Å²) < 4.78 is 2.03. The molecule has 9 nitrogen and oxygen atoms in total. The fourth-order valence-electron chi connectivity index (χ4n) is 3.53. The maximum Gasteiger partial charge on any atom is 0.270 e. The molecule has 1 N–H and O–H groups in total. The number of nitrogens with one attached hydrogen (secondary N) is 1. The van der Waals surface area contributed by atoms with Crippen LogP contribution in [0.2, 0.25) is 0 Å². The molecule has 0 bridgehead atoms. The molecule has 0 atom stereocenters. The Morgan fingerprint density at radius 2 is 1.91 bits per heavy atom. The number of nitro groups is 1. The summed E-state index contributed by atoms with van der Waals surface area (Å²) in [7, 11) is 0. The molecule has 0 saturated heterocycles. The van der Waals surface area contributed by atoms with Crippen molar-refractivity contribution in [3.8, 4) is 0 Å². The highest BCUT2D eigenvalue weighted by molar-refractivity contribution is 7.22. The number of nitrogens with zero attached hydrogens (tertiary/aromatic N) is 4. The van der Waals surface area contributed by atoms with Gasteiger partial charge in [0.05, 0.1) is 21.7 Å². The Bertz CT molecular complexity index is 1590. The molecule has 2 aromatic carbocycles. The van der Waals surface area contributed by atoms with Crippen LogP contribution < -0.4 is 10.9 Å². The lowest BCUT2D eigenvalue weighted by molar-refractivity contribution is -0.384. The third-order valence-electron chi connectivity index (χ3n) is 5.08. The zero-order valence-corrected chi connectivity index (χ0v) is 17.8. The van der Waals surface area contributed by atoms with Crippen molar-refractivity contribution in [1.29, 1.82) is 0 Å². The van der Waals surface area contributed by atoms with Gasteiger partial charge in [-0.3, -0.25) is 29.6 Å². The van der Waals surface area contributed by atoms with Crippen molar-refractivity contribution in [1.82, 2.24) is 14.5 Å². The molecule has 5 aromatic rings. The molecule has 0 spiro atoms. The molecule has 33 heavy (non-hydrogen) atoms. The third kappa shape index (κ3) is 3.94. The van der Waals surface area contributed by atoms with Crippen molar-refractivity contribution in [2.24, 2.45) is 0 Å². The van der Waals surface area contributed by atoms with Crippen LogP contribution in [0.1, 0.15) is 15.9 Å². The summed E-state index contributed by atoms with van der Waals surface area (Å²) in [5, 5.41) is 14.6. The zero-order chi connectivity index (χ0) is 22.9. The van der Waals surface area contributed by atoms with Gasteiger partial charge in [-0.25, -0.2) is 9.97 Å². The van der Waals surface area contributed by atoms with Crippen molar-refractivity contribution in [2.75, 3.05) is 5.32 Å². The number of amides is 1. The van der Waals surface area contributed by atoms with Gasteiger partial charge in [-0.2, -0.15) is 0 Å². The van der Waals surface area contributed by atoms with Gasteiger partial charge in [-0.15, -0.1) is 0 Å². The van der Waals surface area contributed by atoms with E-state index < -0.39 is 16.4 Å². The van der Waals surface area contributed by atoms with Crippen molar-refractivity contribution in [3.05, 3.63) is 105 Å². The lowest BCUT2D eigenvalue weighted by Crippen LogP contribution is -2.30. The van der Waals surface area contributed by atoms with E-state index in [2.05, 4.69) is 15.3 Å². The first-order valence-electron chi connectivity index (χ1n) is 9.88. The van der Waals surface area contributed by atoms with Crippen LogP contribution in [0.4, 0.5) is 10.8 Å². The van der Waals surface area contributed by atoms with Gasteiger partial charge in [0.1, 0.15) is 11.2 Å². The molecule has 0 aliphatic heterocycles. The highest BCUT2D eigenvalue weighted by Crippen LogP contribution is 2.29. The Labute approximate surface area is 190 Å². The van der Waals surface area contributed by atoms with Crippen molar-refractivity contribution < 1.29 is 9.72 Å². The Kier molecular flexibility index (Phi) is 5.11. The predicted octanol–water partition coefficient (Wildman–Crippen LogP) is 4.22. The molecule has 0 radical (unpaired) electrons. The first kappa shape index (κ1) is 20.5. The molecule has 1 amide bonds. The van der Waals surface area contributed by atoms with E-state index in [-0.39, 0.29) is 22.9 Å². The van der Waals surface area contributed by atoms with Gasteiger partial charge in [0.25, 0.3) is 17.2 Å². The number of fused-ring (bicyclic) bond motifs is 2. The Morgan fingerprint density at radius 3 is 2.70 bits per heavy atom. The fourth-order valence-corrected chi connectivity index (χ4v) is 4.42. The summed E-state index contributed by atoms with van der Waals surface area (Å²) in [6.07, 6.45) is 1.60. The van der Waals surface area contributed by atoms with E-state index in [4.69, 9.17) is 0 Å². The molecular formula is C23H15N5O4S. The van der Waals surface area contributed by atoms with E-state index in [1.54, 1.807) is 18.3 Å². The van der Waals surface area contributed by atoms with Crippen molar-refractivity contribution in [3.63, 3.8) is 0 Å². The molecule has 10 heteroatoms. The summed E-state index contributed by atoms with van der Waals surface area (Å²) in [5.74, 6) is -0.610. The van der Waals surface area contributed by atoms with Gasteiger partial charge in [0.2, 0.25) is 0 Å². The second-order valence-corrected chi connectivity index (χ2v) is 8.26. The molecule has 0 fully saturated rings. The van der Waals surface area contributed by atoms with Gasteiger partial charge in [0.15, 0.2) is 5.13 Å². The van der Waals surface area contributed by atoms with Crippen LogP contribution in [0.3, 0.4) is 0 Å². The summed E-state index contributed by atoms with van der Waals surface area (Å²) in [6, 6.07) is 18.8. The van der Waals surface area contributed by atoms with Crippen LogP contribution in [0.25, 0.3) is 21.3 Å². The minimum atomic E-state index is -0.610. The number of carbonyl (C=O) groups is 1. The van der Waals surface area contributed by atoms with E-state index in [1.165, 1.54) is 28.8 Å². The number of non-ortho nitro benzene ring substituents is 1. The second kappa shape index (κ2) is 8.24. The number of nitro benzene ring substituents is 1. The van der Waals surface area contributed by atoms with Crippen LogP contribution in [0, 0.1) is 10.1 Å². The fraction of sp³-hybridized carbons (Fsp3) is 0.0435. The van der Waals surface area contributed by atoms with Gasteiger partial charge in [0, 0.05) is 23.7 Å². The summed E-state index contributed by atoms with van der Waals surface area (Å²) in [4.78, 5) is 45.5. The number of anilines is 1. The van der Waals surface area contributed by atoms with Crippen LogP contribution in [-0.4, -0.2) is 25.4 Å². The van der Waals surface area contributed by atoms with Crippen molar-refractivity contribution in [2.45, 2.75) is 6.54 Å². The second-order valence-electron chi connectivity index (χ2n) is 7.23. The summed E-state index contributed by atoms with van der Waals surface area (Å²) >= 11 is 1.10. The number of hydrogen-bond donors (Lipinski definition) is 1. The number of rotatable bonds is 5. The SMILES string of the molecule is O=C(Nc1nc2ccc([N+](=O)[O-])cc2s1)c1cc2cccnc2n(Cc2ccccc2)c1=O. The monoisotopic (exact) mass is 457 g/mol. The minimum absolute atomic E-state index is 0.0448. The Morgan fingerprint density at radius 1 is 1.09 bits per heavy atom. The molecule has 0 aliphatic carbocycles. The molecule has 162 valence electrons. The number of hydrogen-bond acceptors (Lipinski definition) is 7. The lowest BCUT2D eigenvalue weighted by Gasteiger charge is -2.12. The zero-order valence-electron chi connectivity index (χ0n) is 17.0. The highest BCUT2D eigenvalue weighted by Gasteiger charge is 2.19. The number of aromatic nitrogens is 3. The van der Waals surface area contributed by atoms with E-state index >= 15 is 0 Å². The van der Waals surface area contributed by atoms with Crippen molar-refractivity contribution >= 4 is 49.3 Å². The average molecular weight is 457 g/mol. The largest absolute Gasteiger partial charge is 0.298 e. The maximum absolute atomic E-state index is 13.3. The molecule has 3 aromatic heterocycles. The standard InChI is InChI=1S/C23H15N5O4S/c29-21(26-23-25-18-9-8-16(28(31)32)12-19(18)33-23)17-11-15-7-4-10-24-20(15)27(22(17)30)13-14-5-2-1-3-6-14/h1-12H,13H2,(H,25,26,29). The van der Waals surface area contributed by atoms with Crippen LogP contribution in [0.5, 0.6) is 0 Å². The Hall–Kier alpha value is -4.44. The molecule has 0 unspecified atom stereocenters. The van der Waals surface area contributed by atoms with E-state index in [9.17, 15) is 19.7 Å². The summed E-state index contributed by atoms with van der Waals surface area (Å²) in [6.45, 7) is 0.263. The number of thiazole rings is 1. The van der Waals surface area contributed by atoms with Gasteiger partial charge >= 0.3 is 0 Å². The Balaban J connectivity index is 1.53.